The van der Waals surface area contributed by atoms with Crippen molar-refractivity contribution in [3.05, 3.63) is 47.8 Å². The lowest BCUT2D eigenvalue weighted by atomic mass is 10.0. The van der Waals surface area contributed by atoms with E-state index < -0.39 is 0 Å². The number of aromatic nitrogens is 3. The minimum absolute atomic E-state index is 0.395. The maximum absolute atomic E-state index is 3.94. The van der Waals surface area contributed by atoms with Crippen molar-refractivity contribution in [2.45, 2.75) is 32.4 Å². The Morgan fingerprint density at radius 2 is 2.06 bits per heavy atom. The van der Waals surface area contributed by atoms with Gasteiger partial charge in [-0.1, -0.05) is 48.9 Å². The van der Waals surface area contributed by atoms with Crippen LogP contribution in [0.3, 0.4) is 0 Å². The summed E-state index contributed by atoms with van der Waals surface area (Å²) in [6, 6.07) is 11.0. The summed E-state index contributed by atoms with van der Waals surface area (Å²) in [4.78, 5) is 0. The van der Waals surface area contributed by atoms with Crippen LogP contribution in [0.5, 0.6) is 0 Å². The van der Waals surface area contributed by atoms with E-state index in [9.17, 15) is 0 Å². The first-order valence-electron chi connectivity index (χ1n) is 6.43. The monoisotopic (exact) mass is 244 g/mol. The fourth-order valence-electron chi connectivity index (χ4n) is 2.06. The van der Waals surface area contributed by atoms with Gasteiger partial charge < -0.3 is 5.32 Å². The molecule has 0 spiro atoms. The molecule has 0 fully saturated rings. The van der Waals surface area contributed by atoms with Crippen molar-refractivity contribution in [2.24, 2.45) is 7.05 Å². The number of benzene rings is 1. The molecule has 1 heterocycles. The molecular formula is C14H20N4. The van der Waals surface area contributed by atoms with Crippen LogP contribution in [0.25, 0.3) is 0 Å². The molecule has 0 amide bonds. The van der Waals surface area contributed by atoms with Crippen LogP contribution in [-0.4, -0.2) is 15.0 Å². The Morgan fingerprint density at radius 1 is 1.28 bits per heavy atom. The minimum Gasteiger partial charge on any atom is -0.304 e. The highest BCUT2D eigenvalue weighted by atomic mass is 15.4. The lowest BCUT2D eigenvalue weighted by Crippen LogP contribution is -2.22. The zero-order valence-corrected chi connectivity index (χ0v) is 11.0. The highest BCUT2D eigenvalue weighted by molar-refractivity contribution is 5.18. The Morgan fingerprint density at radius 3 is 2.67 bits per heavy atom. The summed E-state index contributed by atoms with van der Waals surface area (Å²) < 4.78 is 1.81. The van der Waals surface area contributed by atoms with Gasteiger partial charge in [0.25, 0.3) is 0 Å². The molecule has 0 aliphatic rings. The molecule has 96 valence electrons. The molecule has 2 rings (SSSR count). The average molecular weight is 244 g/mol. The van der Waals surface area contributed by atoms with Crippen molar-refractivity contribution in [1.82, 2.24) is 20.3 Å². The molecule has 2 aromatic rings. The van der Waals surface area contributed by atoms with E-state index in [1.54, 1.807) is 10.9 Å². The first-order valence-corrected chi connectivity index (χ1v) is 6.43. The predicted molar refractivity (Wildman–Crippen MR) is 71.9 cm³/mol. The summed E-state index contributed by atoms with van der Waals surface area (Å²) in [6.45, 7) is 3.01. The Hall–Kier alpha value is -1.68. The van der Waals surface area contributed by atoms with Crippen LogP contribution in [0.15, 0.2) is 36.5 Å². The molecule has 0 radical (unpaired) electrons. The molecule has 18 heavy (non-hydrogen) atoms. The topological polar surface area (TPSA) is 42.7 Å². The van der Waals surface area contributed by atoms with E-state index >= 15 is 0 Å². The first kappa shape index (κ1) is 12.8. The first-order chi connectivity index (χ1) is 8.81. The summed E-state index contributed by atoms with van der Waals surface area (Å²) in [6.07, 6.45) is 4.10. The molecule has 1 aromatic heterocycles. The van der Waals surface area contributed by atoms with Crippen LogP contribution in [0.4, 0.5) is 0 Å². The molecule has 1 unspecified atom stereocenters. The molecular weight excluding hydrogens is 224 g/mol. The lowest BCUT2D eigenvalue weighted by Gasteiger charge is -2.18. The predicted octanol–water partition coefficient (Wildman–Crippen LogP) is 2.45. The van der Waals surface area contributed by atoms with Crippen molar-refractivity contribution < 1.29 is 0 Å². The van der Waals surface area contributed by atoms with E-state index in [-0.39, 0.29) is 0 Å². The molecule has 0 bridgehead atoms. The third-order valence-corrected chi connectivity index (χ3v) is 3.12. The van der Waals surface area contributed by atoms with E-state index in [1.165, 1.54) is 5.56 Å². The van der Waals surface area contributed by atoms with E-state index in [4.69, 9.17) is 0 Å². The molecule has 0 aliphatic carbocycles. The van der Waals surface area contributed by atoms with Gasteiger partial charge in [0.05, 0.1) is 11.9 Å². The number of rotatable bonds is 6. The van der Waals surface area contributed by atoms with Gasteiger partial charge in [-0.3, -0.25) is 4.68 Å². The maximum atomic E-state index is 3.94. The third kappa shape index (κ3) is 3.17. The second kappa shape index (κ2) is 6.31. The standard InChI is InChI=1S/C14H20N4/c1-3-7-14(12-8-5-4-6-9-12)15-10-13-11-16-17-18(13)2/h4-6,8-9,11,14-15H,3,7,10H2,1-2H3. The smallest absolute Gasteiger partial charge is 0.0738 e. The minimum atomic E-state index is 0.395. The number of nitrogens with one attached hydrogen (secondary N) is 1. The van der Waals surface area contributed by atoms with Crippen molar-refractivity contribution in [2.75, 3.05) is 0 Å². The van der Waals surface area contributed by atoms with Gasteiger partial charge in [0, 0.05) is 19.6 Å². The number of hydrogen-bond donors (Lipinski definition) is 1. The Balaban J connectivity index is 2.01. The fourth-order valence-corrected chi connectivity index (χ4v) is 2.06. The largest absolute Gasteiger partial charge is 0.304 e. The molecule has 1 N–H and O–H groups in total. The lowest BCUT2D eigenvalue weighted by molar-refractivity contribution is 0.481. The SMILES string of the molecule is CCCC(NCc1cnnn1C)c1ccccc1. The van der Waals surface area contributed by atoms with Crippen molar-refractivity contribution in [3.63, 3.8) is 0 Å². The van der Waals surface area contributed by atoms with Crippen LogP contribution in [-0.2, 0) is 13.6 Å². The molecule has 1 atom stereocenters. The van der Waals surface area contributed by atoms with E-state index in [0.717, 1.165) is 25.1 Å². The molecule has 0 aliphatic heterocycles. The van der Waals surface area contributed by atoms with Crippen LogP contribution in [0.2, 0.25) is 0 Å². The second-order valence-corrected chi connectivity index (χ2v) is 4.48. The number of aryl methyl sites for hydroxylation is 1. The van der Waals surface area contributed by atoms with Gasteiger partial charge in [-0.05, 0) is 12.0 Å². The van der Waals surface area contributed by atoms with Gasteiger partial charge in [0.15, 0.2) is 0 Å². The third-order valence-electron chi connectivity index (χ3n) is 3.12. The highest BCUT2D eigenvalue weighted by Crippen LogP contribution is 2.18. The van der Waals surface area contributed by atoms with Crippen LogP contribution < -0.4 is 5.32 Å². The normalized spacial score (nSPS) is 12.6. The average Bonchev–Trinajstić information content (AvgIpc) is 2.81. The van der Waals surface area contributed by atoms with Crippen molar-refractivity contribution >= 4 is 0 Å². The maximum Gasteiger partial charge on any atom is 0.0738 e. The summed E-state index contributed by atoms with van der Waals surface area (Å²) in [5, 5.41) is 11.4. The van der Waals surface area contributed by atoms with Gasteiger partial charge in [0.1, 0.15) is 0 Å². The van der Waals surface area contributed by atoms with Crippen LogP contribution in [0.1, 0.15) is 37.1 Å². The summed E-state index contributed by atoms with van der Waals surface area (Å²) >= 11 is 0. The van der Waals surface area contributed by atoms with E-state index in [1.807, 2.05) is 7.05 Å². The van der Waals surface area contributed by atoms with Gasteiger partial charge in [-0.15, -0.1) is 5.10 Å². The van der Waals surface area contributed by atoms with E-state index in [0.29, 0.717) is 6.04 Å². The quantitative estimate of drug-likeness (QED) is 0.848. The van der Waals surface area contributed by atoms with Crippen molar-refractivity contribution in [3.8, 4) is 0 Å². The molecule has 0 saturated carbocycles. The zero-order valence-electron chi connectivity index (χ0n) is 11.0. The van der Waals surface area contributed by atoms with E-state index in [2.05, 4.69) is 52.9 Å². The van der Waals surface area contributed by atoms with Gasteiger partial charge in [-0.2, -0.15) is 0 Å². The molecule has 0 saturated heterocycles. The Labute approximate surface area is 108 Å². The van der Waals surface area contributed by atoms with Gasteiger partial charge in [-0.25, -0.2) is 0 Å². The van der Waals surface area contributed by atoms with Gasteiger partial charge in [0.2, 0.25) is 0 Å². The number of hydrogen-bond acceptors (Lipinski definition) is 3. The fraction of sp³-hybridized carbons (Fsp3) is 0.429. The summed E-state index contributed by atoms with van der Waals surface area (Å²) in [5.41, 5.74) is 2.45. The second-order valence-electron chi connectivity index (χ2n) is 4.48. The molecule has 4 nitrogen and oxygen atoms in total. The Kier molecular flexibility index (Phi) is 4.47. The van der Waals surface area contributed by atoms with Crippen molar-refractivity contribution in [1.29, 1.82) is 0 Å². The zero-order chi connectivity index (χ0) is 12.8. The molecule has 4 heteroatoms. The van der Waals surface area contributed by atoms with Crippen LogP contribution in [0, 0.1) is 0 Å². The summed E-state index contributed by atoms with van der Waals surface area (Å²) in [5.74, 6) is 0. The van der Waals surface area contributed by atoms with Gasteiger partial charge >= 0.3 is 0 Å². The summed E-state index contributed by atoms with van der Waals surface area (Å²) in [7, 11) is 1.92. The molecule has 1 aromatic carbocycles. The number of nitrogens with zero attached hydrogens (tertiary/aromatic N) is 3. The van der Waals surface area contributed by atoms with Crippen LogP contribution >= 0.6 is 0 Å². The Bertz CT molecular complexity index is 464. The highest BCUT2D eigenvalue weighted by Gasteiger charge is 2.10.